The first-order valence-electron chi connectivity index (χ1n) is 8.33. The molecule has 3 aromatic rings. The van der Waals surface area contributed by atoms with Gasteiger partial charge < -0.3 is 9.47 Å². The van der Waals surface area contributed by atoms with Gasteiger partial charge in [0.15, 0.2) is 0 Å². The molecule has 29 heavy (non-hydrogen) atoms. The Morgan fingerprint density at radius 1 is 1.21 bits per heavy atom. The van der Waals surface area contributed by atoms with Crippen LogP contribution in [0.5, 0.6) is 5.75 Å². The van der Waals surface area contributed by atoms with Gasteiger partial charge in [-0.25, -0.2) is 4.98 Å². The Morgan fingerprint density at radius 2 is 1.97 bits per heavy atom. The number of rotatable bonds is 3. The van der Waals surface area contributed by atoms with Crippen molar-refractivity contribution in [3.05, 3.63) is 63.7 Å². The molecule has 2 heterocycles. The number of alkyl halides is 3. The molecular formula is C18H12ClF3N4O3. The van der Waals surface area contributed by atoms with E-state index in [4.69, 9.17) is 16.3 Å². The fourth-order valence-electron chi connectivity index (χ4n) is 2.79. The quantitative estimate of drug-likeness (QED) is 0.648. The number of halogens is 4. The molecule has 0 unspecified atom stereocenters. The first kappa shape index (κ1) is 19.1. The largest absolute Gasteiger partial charge is 0.573 e. The molecule has 1 N–H and O–H groups in total. The highest BCUT2D eigenvalue weighted by Gasteiger charge is 2.31. The van der Waals surface area contributed by atoms with Crippen LogP contribution in [0.3, 0.4) is 0 Å². The van der Waals surface area contributed by atoms with Crippen LogP contribution in [0.1, 0.15) is 5.82 Å². The number of aromatic nitrogens is 2. The van der Waals surface area contributed by atoms with Crippen molar-refractivity contribution in [3.8, 4) is 5.75 Å². The minimum Gasteiger partial charge on any atom is -0.472 e. The Morgan fingerprint density at radius 3 is 2.69 bits per heavy atom. The molecule has 1 aliphatic rings. The van der Waals surface area contributed by atoms with E-state index in [-0.39, 0.29) is 29.6 Å². The normalized spacial score (nSPS) is 15.1. The number of anilines is 1. The Balaban J connectivity index is 1.62. The molecule has 0 atom stereocenters. The average Bonchev–Trinajstić information content (AvgIpc) is 2.67. The van der Waals surface area contributed by atoms with Gasteiger partial charge in [0.05, 0.1) is 23.1 Å². The summed E-state index contributed by atoms with van der Waals surface area (Å²) in [5.74, 6) is -0.0327. The third kappa shape index (κ3) is 4.11. The third-order valence-corrected chi connectivity index (χ3v) is 4.27. The molecule has 150 valence electrons. The van der Waals surface area contributed by atoms with Crippen LogP contribution in [0.25, 0.3) is 10.9 Å². The van der Waals surface area contributed by atoms with E-state index in [2.05, 4.69) is 20.2 Å². The summed E-state index contributed by atoms with van der Waals surface area (Å²) in [5, 5.41) is 4.91. The van der Waals surface area contributed by atoms with Gasteiger partial charge >= 0.3 is 6.36 Å². The first-order chi connectivity index (χ1) is 13.8. The fraction of sp³-hybridized carbons (Fsp3) is 0.167. The van der Waals surface area contributed by atoms with Gasteiger partial charge in [0.2, 0.25) is 5.82 Å². The molecule has 0 spiro atoms. The van der Waals surface area contributed by atoms with Gasteiger partial charge in [0.25, 0.3) is 11.5 Å². The van der Waals surface area contributed by atoms with Crippen molar-refractivity contribution in [2.24, 2.45) is 5.10 Å². The number of ether oxygens (including phenoxy) is 2. The van der Waals surface area contributed by atoms with Crippen molar-refractivity contribution in [1.82, 2.24) is 9.55 Å². The predicted molar refractivity (Wildman–Crippen MR) is 100 cm³/mol. The molecule has 1 aliphatic heterocycles. The van der Waals surface area contributed by atoms with Crippen LogP contribution in [0, 0.1) is 0 Å². The molecule has 1 aromatic heterocycles. The third-order valence-electron chi connectivity index (χ3n) is 4.04. The standard InChI is InChI=1S/C18H12ClF3N4O3/c19-10-1-6-14-13(9-10)17(27)26-7-8-28-16(15(26)23-14)25-24-11-2-4-12(5-3-11)29-18(20,21)22/h1-6,9,24H,7-8H2/b25-16+. The minimum atomic E-state index is -4.76. The first-order valence-corrected chi connectivity index (χ1v) is 8.71. The van der Waals surface area contributed by atoms with Crippen LogP contribution in [-0.2, 0) is 11.3 Å². The Bertz CT molecular complexity index is 1160. The number of hydrogen-bond acceptors (Lipinski definition) is 6. The number of benzene rings is 2. The summed E-state index contributed by atoms with van der Waals surface area (Å²) in [6.07, 6.45) is -4.76. The van der Waals surface area contributed by atoms with Gasteiger partial charge in [-0.15, -0.1) is 18.3 Å². The van der Waals surface area contributed by atoms with Crippen molar-refractivity contribution < 1.29 is 22.6 Å². The number of fused-ring (bicyclic) bond motifs is 2. The van der Waals surface area contributed by atoms with Crippen LogP contribution in [0.2, 0.25) is 5.02 Å². The molecule has 7 nitrogen and oxygen atoms in total. The van der Waals surface area contributed by atoms with Gasteiger partial charge in [-0.3, -0.25) is 14.8 Å². The summed E-state index contributed by atoms with van der Waals surface area (Å²) in [7, 11) is 0. The zero-order valence-corrected chi connectivity index (χ0v) is 15.3. The molecule has 4 rings (SSSR count). The fourth-order valence-corrected chi connectivity index (χ4v) is 2.96. The van der Waals surface area contributed by atoms with Crippen LogP contribution in [0.15, 0.2) is 52.4 Å². The molecule has 0 radical (unpaired) electrons. The lowest BCUT2D eigenvalue weighted by molar-refractivity contribution is -0.274. The maximum Gasteiger partial charge on any atom is 0.573 e. The Labute approximate surface area is 166 Å². The predicted octanol–water partition coefficient (Wildman–Crippen LogP) is 3.75. The van der Waals surface area contributed by atoms with Crippen LogP contribution in [0.4, 0.5) is 18.9 Å². The van der Waals surface area contributed by atoms with Gasteiger partial charge in [0, 0.05) is 5.02 Å². The van der Waals surface area contributed by atoms with Crippen molar-refractivity contribution in [2.45, 2.75) is 12.9 Å². The zero-order valence-electron chi connectivity index (χ0n) is 14.5. The smallest absolute Gasteiger partial charge is 0.472 e. The van der Waals surface area contributed by atoms with Crippen LogP contribution < -0.4 is 15.7 Å². The molecule has 0 saturated heterocycles. The average molecular weight is 425 g/mol. The Kier molecular flexibility index (Phi) is 4.79. The van der Waals surface area contributed by atoms with E-state index in [1.165, 1.54) is 16.7 Å². The second-order valence-corrected chi connectivity index (χ2v) is 6.44. The number of nitrogens with one attached hydrogen (secondary N) is 1. The Hall–Kier alpha value is -3.27. The lowest BCUT2D eigenvalue weighted by Crippen LogP contribution is -2.35. The van der Waals surface area contributed by atoms with Crippen molar-refractivity contribution in [3.63, 3.8) is 0 Å². The molecule has 0 fully saturated rings. The number of nitrogens with zero attached hydrogens (tertiary/aromatic N) is 3. The van der Waals surface area contributed by atoms with Crippen LogP contribution in [-0.4, -0.2) is 28.4 Å². The van der Waals surface area contributed by atoms with Gasteiger partial charge in [0.1, 0.15) is 12.4 Å². The summed E-state index contributed by atoms with van der Waals surface area (Å²) in [4.78, 5) is 17.2. The molecule has 0 bridgehead atoms. The maximum atomic E-state index is 12.7. The molecule has 2 aromatic carbocycles. The van der Waals surface area contributed by atoms with E-state index < -0.39 is 6.36 Å². The van der Waals surface area contributed by atoms with Gasteiger partial charge in [-0.1, -0.05) is 11.6 Å². The van der Waals surface area contributed by atoms with E-state index in [1.54, 1.807) is 18.2 Å². The maximum absolute atomic E-state index is 12.7. The molecule has 11 heteroatoms. The van der Waals surface area contributed by atoms with Crippen molar-refractivity contribution >= 4 is 34.1 Å². The van der Waals surface area contributed by atoms with E-state index in [1.807, 2.05) is 0 Å². The monoisotopic (exact) mass is 424 g/mol. The second kappa shape index (κ2) is 7.28. The molecule has 0 amide bonds. The second-order valence-electron chi connectivity index (χ2n) is 6.00. The van der Waals surface area contributed by atoms with E-state index in [0.29, 0.717) is 28.2 Å². The van der Waals surface area contributed by atoms with Crippen molar-refractivity contribution in [2.75, 3.05) is 12.0 Å². The summed E-state index contributed by atoms with van der Waals surface area (Å²) in [5.41, 5.74) is 3.24. The van der Waals surface area contributed by atoms with Crippen molar-refractivity contribution in [1.29, 1.82) is 0 Å². The highest BCUT2D eigenvalue weighted by atomic mass is 35.5. The highest BCUT2D eigenvalue weighted by molar-refractivity contribution is 6.31. The number of hydrogen-bond donors (Lipinski definition) is 1. The summed E-state index contributed by atoms with van der Waals surface area (Å²) in [6, 6.07) is 9.80. The zero-order chi connectivity index (χ0) is 20.6. The highest BCUT2D eigenvalue weighted by Crippen LogP contribution is 2.24. The van der Waals surface area contributed by atoms with Gasteiger partial charge in [-0.2, -0.15) is 0 Å². The minimum absolute atomic E-state index is 0.0841. The molecule has 0 aliphatic carbocycles. The summed E-state index contributed by atoms with van der Waals surface area (Å²) < 4.78 is 47.4. The van der Waals surface area contributed by atoms with E-state index in [9.17, 15) is 18.0 Å². The van der Waals surface area contributed by atoms with Gasteiger partial charge in [-0.05, 0) is 42.5 Å². The number of hydrazone groups is 1. The molecular weight excluding hydrogens is 413 g/mol. The van der Waals surface area contributed by atoms with E-state index >= 15 is 0 Å². The topological polar surface area (TPSA) is 77.7 Å². The SMILES string of the molecule is O=c1c2cc(Cl)ccc2nc2n1CCO/C2=N/Nc1ccc(OC(F)(F)F)cc1. The molecule has 0 saturated carbocycles. The summed E-state index contributed by atoms with van der Waals surface area (Å²) in [6.45, 7) is 0.506. The lowest BCUT2D eigenvalue weighted by Gasteiger charge is -2.20. The van der Waals surface area contributed by atoms with Crippen LogP contribution >= 0.6 is 11.6 Å². The van der Waals surface area contributed by atoms with E-state index in [0.717, 1.165) is 12.1 Å². The summed E-state index contributed by atoms with van der Waals surface area (Å²) >= 11 is 5.96. The lowest BCUT2D eigenvalue weighted by atomic mass is 10.2.